The van der Waals surface area contributed by atoms with Gasteiger partial charge in [0.25, 0.3) is 0 Å². The molecule has 0 spiro atoms. The van der Waals surface area contributed by atoms with E-state index in [0.717, 1.165) is 11.6 Å². The topological polar surface area (TPSA) is 29.9 Å². The van der Waals surface area contributed by atoms with Crippen molar-refractivity contribution >= 4 is 11.6 Å². The van der Waals surface area contributed by atoms with Crippen LogP contribution in [0.5, 0.6) is 0 Å². The minimum absolute atomic E-state index is 0.259. The lowest BCUT2D eigenvalue weighted by Gasteiger charge is -2.17. The smallest absolute Gasteiger partial charge is 0.0951 e. The van der Waals surface area contributed by atoms with E-state index < -0.39 is 0 Å². The summed E-state index contributed by atoms with van der Waals surface area (Å²) in [6.45, 7) is 7.25. The Balaban J connectivity index is 2.00. The van der Waals surface area contributed by atoms with Crippen molar-refractivity contribution in [3.05, 3.63) is 53.1 Å². The molecule has 2 aromatic rings. The second-order valence-corrected chi connectivity index (χ2v) is 5.48. The Morgan fingerprint density at radius 3 is 2.79 bits per heavy atom. The van der Waals surface area contributed by atoms with Gasteiger partial charge in [-0.05, 0) is 38.5 Å². The Kier molecular flexibility index (Phi) is 4.61. The molecular formula is C15H20ClN3. The van der Waals surface area contributed by atoms with E-state index in [2.05, 4.69) is 41.7 Å². The van der Waals surface area contributed by atoms with E-state index in [1.165, 1.54) is 11.3 Å². The van der Waals surface area contributed by atoms with E-state index in [1.807, 2.05) is 30.7 Å². The lowest BCUT2D eigenvalue weighted by Crippen LogP contribution is -2.20. The van der Waals surface area contributed by atoms with E-state index >= 15 is 0 Å². The van der Waals surface area contributed by atoms with Crippen LogP contribution in [0.25, 0.3) is 0 Å². The Hall–Kier alpha value is -1.32. The third kappa shape index (κ3) is 3.58. The van der Waals surface area contributed by atoms with Crippen LogP contribution in [-0.4, -0.2) is 9.55 Å². The third-order valence-electron chi connectivity index (χ3n) is 3.24. The molecule has 0 saturated carbocycles. The van der Waals surface area contributed by atoms with Crippen LogP contribution in [0.3, 0.4) is 0 Å². The molecule has 102 valence electrons. The number of rotatable bonds is 5. The average Bonchev–Trinajstić information content (AvgIpc) is 2.84. The summed E-state index contributed by atoms with van der Waals surface area (Å²) in [6, 6.07) is 8.65. The second kappa shape index (κ2) is 6.22. The Morgan fingerprint density at radius 1 is 1.32 bits per heavy atom. The summed E-state index contributed by atoms with van der Waals surface area (Å²) in [5.41, 5.74) is 2.40. The van der Waals surface area contributed by atoms with Gasteiger partial charge in [-0.3, -0.25) is 0 Å². The van der Waals surface area contributed by atoms with Gasteiger partial charge in [-0.1, -0.05) is 23.7 Å². The fourth-order valence-corrected chi connectivity index (χ4v) is 2.28. The van der Waals surface area contributed by atoms with Crippen LogP contribution in [-0.2, 0) is 6.54 Å². The zero-order valence-electron chi connectivity index (χ0n) is 11.6. The molecule has 3 nitrogen and oxygen atoms in total. The van der Waals surface area contributed by atoms with Crippen LogP contribution in [0.1, 0.15) is 44.1 Å². The van der Waals surface area contributed by atoms with Crippen molar-refractivity contribution in [2.45, 2.75) is 39.4 Å². The van der Waals surface area contributed by atoms with Crippen molar-refractivity contribution in [2.24, 2.45) is 0 Å². The number of imidazole rings is 1. The van der Waals surface area contributed by atoms with Crippen LogP contribution < -0.4 is 5.32 Å². The summed E-state index contributed by atoms with van der Waals surface area (Å²) in [7, 11) is 0. The molecule has 1 heterocycles. The number of nitrogens with one attached hydrogen (secondary N) is 1. The Labute approximate surface area is 119 Å². The van der Waals surface area contributed by atoms with Gasteiger partial charge in [0.15, 0.2) is 0 Å². The highest BCUT2D eigenvalue weighted by molar-refractivity contribution is 6.30. The summed E-state index contributed by atoms with van der Waals surface area (Å²) >= 11 is 6.01. The number of nitrogens with zero attached hydrogens (tertiary/aromatic N) is 2. The maximum Gasteiger partial charge on any atom is 0.0951 e. The Morgan fingerprint density at radius 2 is 2.11 bits per heavy atom. The molecular weight excluding hydrogens is 258 g/mol. The maximum atomic E-state index is 6.01. The predicted molar refractivity (Wildman–Crippen MR) is 79.3 cm³/mol. The summed E-state index contributed by atoms with van der Waals surface area (Å²) in [5.74, 6) is 0. The van der Waals surface area contributed by atoms with E-state index in [1.54, 1.807) is 0 Å². The molecule has 1 atom stereocenters. The van der Waals surface area contributed by atoms with Crippen LogP contribution in [0.15, 0.2) is 36.8 Å². The van der Waals surface area contributed by atoms with Crippen molar-refractivity contribution in [3.8, 4) is 0 Å². The SMILES string of the molecule is CC(C)n1cncc1CN[C@H](C)c1cccc(Cl)c1. The lowest BCUT2D eigenvalue weighted by atomic mass is 10.1. The minimum atomic E-state index is 0.259. The van der Waals surface area contributed by atoms with Gasteiger partial charge in [-0.25, -0.2) is 4.98 Å². The highest BCUT2D eigenvalue weighted by Crippen LogP contribution is 2.18. The normalized spacial score (nSPS) is 12.9. The quantitative estimate of drug-likeness (QED) is 0.896. The van der Waals surface area contributed by atoms with Crippen LogP contribution >= 0.6 is 11.6 Å². The summed E-state index contributed by atoms with van der Waals surface area (Å²) in [5, 5.41) is 4.28. The van der Waals surface area contributed by atoms with Gasteiger partial charge in [-0.2, -0.15) is 0 Å². The van der Waals surface area contributed by atoms with Crippen molar-refractivity contribution in [3.63, 3.8) is 0 Å². The zero-order chi connectivity index (χ0) is 13.8. The van der Waals surface area contributed by atoms with Crippen LogP contribution in [0.2, 0.25) is 5.02 Å². The molecule has 1 aromatic heterocycles. The van der Waals surface area contributed by atoms with Gasteiger partial charge in [0, 0.05) is 29.8 Å². The lowest BCUT2D eigenvalue weighted by molar-refractivity contribution is 0.518. The fourth-order valence-electron chi connectivity index (χ4n) is 2.09. The molecule has 19 heavy (non-hydrogen) atoms. The van der Waals surface area contributed by atoms with Gasteiger partial charge < -0.3 is 9.88 Å². The van der Waals surface area contributed by atoms with Crippen molar-refractivity contribution in [1.82, 2.24) is 14.9 Å². The first kappa shape index (κ1) is 14.1. The predicted octanol–water partition coefficient (Wildman–Crippen LogP) is 3.97. The minimum Gasteiger partial charge on any atom is -0.331 e. The molecule has 0 fully saturated rings. The van der Waals surface area contributed by atoms with Gasteiger partial charge in [0.1, 0.15) is 0 Å². The number of hydrogen-bond donors (Lipinski definition) is 1. The van der Waals surface area contributed by atoms with E-state index in [-0.39, 0.29) is 6.04 Å². The number of halogens is 1. The Bertz CT molecular complexity index is 534. The molecule has 0 unspecified atom stereocenters. The molecule has 1 aromatic carbocycles. The highest BCUT2D eigenvalue weighted by Gasteiger charge is 2.09. The number of benzene rings is 1. The molecule has 0 bridgehead atoms. The molecule has 0 radical (unpaired) electrons. The maximum absolute atomic E-state index is 6.01. The summed E-state index contributed by atoms with van der Waals surface area (Å²) < 4.78 is 2.18. The number of hydrogen-bond acceptors (Lipinski definition) is 2. The van der Waals surface area contributed by atoms with Gasteiger partial charge in [-0.15, -0.1) is 0 Å². The average molecular weight is 278 g/mol. The van der Waals surface area contributed by atoms with E-state index in [0.29, 0.717) is 6.04 Å². The molecule has 1 N–H and O–H groups in total. The molecule has 0 amide bonds. The van der Waals surface area contributed by atoms with Crippen LogP contribution in [0, 0.1) is 0 Å². The molecule has 0 aliphatic heterocycles. The first-order valence-electron chi connectivity index (χ1n) is 6.57. The standard InChI is InChI=1S/C15H20ClN3/c1-11(2)19-10-17-8-15(19)9-18-12(3)13-5-4-6-14(16)7-13/h4-8,10-12,18H,9H2,1-3H3/t12-/m1/s1. The van der Waals surface area contributed by atoms with Gasteiger partial charge >= 0.3 is 0 Å². The van der Waals surface area contributed by atoms with Gasteiger partial charge in [0.2, 0.25) is 0 Å². The molecule has 0 aliphatic rings. The third-order valence-corrected chi connectivity index (χ3v) is 3.48. The molecule has 0 saturated heterocycles. The monoisotopic (exact) mass is 277 g/mol. The van der Waals surface area contributed by atoms with E-state index in [4.69, 9.17) is 11.6 Å². The molecule has 0 aliphatic carbocycles. The van der Waals surface area contributed by atoms with Gasteiger partial charge in [0.05, 0.1) is 12.0 Å². The van der Waals surface area contributed by atoms with Crippen molar-refractivity contribution < 1.29 is 0 Å². The first-order chi connectivity index (χ1) is 9.08. The van der Waals surface area contributed by atoms with Crippen molar-refractivity contribution in [2.75, 3.05) is 0 Å². The molecule has 4 heteroatoms. The van der Waals surface area contributed by atoms with E-state index in [9.17, 15) is 0 Å². The zero-order valence-corrected chi connectivity index (χ0v) is 12.4. The second-order valence-electron chi connectivity index (χ2n) is 5.04. The summed E-state index contributed by atoms with van der Waals surface area (Å²) in [4.78, 5) is 4.21. The van der Waals surface area contributed by atoms with Crippen LogP contribution in [0.4, 0.5) is 0 Å². The van der Waals surface area contributed by atoms with Crippen molar-refractivity contribution in [1.29, 1.82) is 0 Å². The summed E-state index contributed by atoms with van der Waals surface area (Å²) in [6.07, 6.45) is 3.80. The largest absolute Gasteiger partial charge is 0.331 e. The number of aromatic nitrogens is 2. The fraction of sp³-hybridized carbons (Fsp3) is 0.400. The first-order valence-corrected chi connectivity index (χ1v) is 6.95. The highest BCUT2D eigenvalue weighted by atomic mass is 35.5. The molecule has 2 rings (SSSR count).